The van der Waals surface area contributed by atoms with Gasteiger partial charge in [-0.1, -0.05) is 18.2 Å². The second kappa shape index (κ2) is 5.97. The standard InChI is InChI=1S/C16H26N2O2S/c1-13(2)21(19,20)10-9-18-12-16(3,4)17-11-14-7-5-6-8-15(14)18/h5-8,13,17H,9-12H2,1-4H3. The van der Waals surface area contributed by atoms with Crippen molar-refractivity contribution >= 4 is 15.5 Å². The van der Waals surface area contributed by atoms with Crippen molar-refractivity contribution in [1.82, 2.24) is 5.32 Å². The number of hydrogen-bond acceptors (Lipinski definition) is 4. The fraction of sp³-hybridized carbons (Fsp3) is 0.625. The van der Waals surface area contributed by atoms with Gasteiger partial charge in [-0.15, -0.1) is 0 Å². The first kappa shape index (κ1) is 16.3. The number of nitrogens with zero attached hydrogens (tertiary/aromatic N) is 1. The van der Waals surface area contributed by atoms with Crippen LogP contribution < -0.4 is 10.2 Å². The second-order valence-corrected chi connectivity index (χ2v) is 9.38. The van der Waals surface area contributed by atoms with E-state index < -0.39 is 9.84 Å². The average Bonchev–Trinajstić information content (AvgIpc) is 2.54. The van der Waals surface area contributed by atoms with Gasteiger partial charge in [0.05, 0.1) is 11.0 Å². The van der Waals surface area contributed by atoms with Gasteiger partial charge in [-0.25, -0.2) is 8.42 Å². The Morgan fingerprint density at radius 1 is 1.29 bits per heavy atom. The van der Waals surface area contributed by atoms with E-state index in [1.807, 2.05) is 12.1 Å². The summed E-state index contributed by atoms with van der Waals surface area (Å²) in [7, 11) is -3.01. The molecule has 1 aromatic rings. The Bertz CT molecular complexity index is 594. The third-order valence-electron chi connectivity index (χ3n) is 4.04. The summed E-state index contributed by atoms with van der Waals surface area (Å²) < 4.78 is 24.2. The van der Waals surface area contributed by atoms with E-state index in [1.54, 1.807) is 13.8 Å². The number of sulfone groups is 1. The number of nitrogens with one attached hydrogen (secondary N) is 1. The summed E-state index contributed by atoms with van der Waals surface area (Å²) in [6.07, 6.45) is 0. The molecule has 0 amide bonds. The predicted octanol–water partition coefficient (Wildman–Crippen LogP) is 2.20. The summed E-state index contributed by atoms with van der Waals surface area (Å²) in [4.78, 5) is 2.20. The van der Waals surface area contributed by atoms with Crippen LogP contribution in [0.2, 0.25) is 0 Å². The van der Waals surface area contributed by atoms with Crippen molar-refractivity contribution in [2.75, 3.05) is 23.7 Å². The molecule has 1 N–H and O–H groups in total. The SMILES string of the molecule is CC(C)S(=O)(=O)CCN1CC(C)(C)NCc2ccccc21. The molecule has 2 rings (SSSR count). The lowest BCUT2D eigenvalue weighted by Crippen LogP contribution is -2.47. The van der Waals surface area contributed by atoms with E-state index in [9.17, 15) is 8.42 Å². The van der Waals surface area contributed by atoms with E-state index in [-0.39, 0.29) is 16.5 Å². The molecule has 0 aromatic heterocycles. The first-order valence-electron chi connectivity index (χ1n) is 7.51. The maximum Gasteiger partial charge on any atom is 0.154 e. The molecule has 1 aliphatic rings. The summed E-state index contributed by atoms with van der Waals surface area (Å²) in [5, 5.41) is 3.22. The van der Waals surface area contributed by atoms with Crippen LogP contribution in [0.15, 0.2) is 24.3 Å². The van der Waals surface area contributed by atoms with E-state index in [4.69, 9.17) is 0 Å². The highest BCUT2D eigenvalue weighted by molar-refractivity contribution is 7.92. The van der Waals surface area contributed by atoms with Gasteiger partial charge in [0.1, 0.15) is 0 Å². The molecule has 0 saturated carbocycles. The van der Waals surface area contributed by atoms with Crippen molar-refractivity contribution in [3.8, 4) is 0 Å². The minimum Gasteiger partial charge on any atom is -0.368 e. The van der Waals surface area contributed by atoms with E-state index >= 15 is 0 Å². The first-order valence-corrected chi connectivity index (χ1v) is 9.22. The van der Waals surface area contributed by atoms with Crippen LogP contribution in [-0.4, -0.2) is 38.0 Å². The van der Waals surface area contributed by atoms with Gasteiger partial charge in [-0.3, -0.25) is 0 Å². The molecule has 0 fully saturated rings. The van der Waals surface area contributed by atoms with E-state index in [0.717, 1.165) is 18.8 Å². The molecule has 0 bridgehead atoms. The molecule has 0 saturated heterocycles. The fourth-order valence-corrected chi connectivity index (χ4v) is 3.54. The molecule has 21 heavy (non-hydrogen) atoms. The zero-order chi connectivity index (χ0) is 15.7. The Labute approximate surface area is 128 Å². The number of para-hydroxylation sites is 1. The zero-order valence-corrected chi connectivity index (χ0v) is 14.2. The van der Waals surface area contributed by atoms with Gasteiger partial charge < -0.3 is 10.2 Å². The number of hydrogen-bond donors (Lipinski definition) is 1. The molecular weight excluding hydrogens is 284 g/mol. The molecule has 1 aliphatic heterocycles. The Morgan fingerprint density at radius 2 is 1.95 bits per heavy atom. The molecular formula is C16H26N2O2S. The lowest BCUT2D eigenvalue weighted by molar-refractivity contribution is 0.397. The predicted molar refractivity (Wildman–Crippen MR) is 88.5 cm³/mol. The smallest absolute Gasteiger partial charge is 0.154 e. The van der Waals surface area contributed by atoms with Crippen molar-refractivity contribution in [1.29, 1.82) is 0 Å². The number of rotatable bonds is 4. The maximum atomic E-state index is 12.1. The van der Waals surface area contributed by atoms with Crippen LogP contribution in [0.4, 0.5) is 5.69 Å². The van der Waals surface area contributed by atoms with Crippen LogP contribution in [0.3, 0.4) is 0 Å². The third-order valence-corrected chi connectivity index (χ3v) is 6.23. The summed E-state index contributed by atoms with van der Waals surface area (Å²) in [5.74, 6) is 0.203. The van der Waals surface area contributed by atoms with Crippen molar-refractivity contribution in [2.45, 2.75) is 45.0 Å². The summed E-state index contributed by atoms with van der Waals surface area (Å²) >= 11 is 0. The monoisotopic (exact) mass is 310 g/mol. The minimum atomic E-state index is -3.01. The molecule has 4 nitrogen and oxygen atoms in total. The van der Waals surface area contributed by atoms with Gasteiger partial charge in [0.25, 0.3) is 0 Å². The second-order valence-electron chi connectivity index (χ2n) is 6.70. The number of anilines is 1. The van der Waals surface area contributed by atoms with Gasteiger partial charge in [0.2, 0.25) is 0 Å². The van der Waals surface area contributed by atoms with Crippen LogP contribution in [0.1, 0.15) is 33.3 Å². The van der Waals surface area contributed by atoms with Crippen LogP contribution in [-0.2, 0) is 16.4 Å². The fourth-order valence-electron chi connectivity index (χ4n) is 2.59. The normalized spacial score (nSPS) is 18.4. The zero-order valence-electron chi connectivity index (χ0n) is 13.4. The lowest BCUT2D eigenvalue weighted by atomic mass is 10.1. The van der Waals surface area contributed by atoms with E-state index in [2.05, 4.69) is 36.2 Å². The molecule has 1 heterocycles. The molecule has 0 atom stereocenters. The Hall–Kier alpha value is -1.07. The lowest BCUT2D eigenvalue weighted by Gasteiger charge is -2.32. The highest BCUT2D eigenvalue weighted by atomic mass is 32.2. The first-order chi connectivity index (χ1) is 9.71. The summed E-state index contributed by atoms with van der Waals surface area (Å²) in [6, 6.07) is 8.23. The maximum absolute atomic E-state index is 12.1. The Balaban J connectivity index is 2.23. The molecule has 0 aliphatic carbocycles. The van der Waals surface area contributed by atoms with E-state index in [1.165, 1.54) is 5.56 Å². The van der Waals surface area contributed by atoms with Crippen LogP contribution in [0, 0.1) is 0 Å². The van der Waals surface area contributed by atoms with Crippen molar-refractivity contribution in [3.05, 3.63) is 29.8 Å². The third kappa shape index (κ3) is 3.98. The van der Waals surface area contributed by atoms with Crippen molar-refractivity contribution in [2.24, 2.45) is 0 Å². The highest BCUT2D eigenvalue weighted by Crippen LogP contribution is 2.26. The quantitative estimate of drug-likeness (QED) is 0.926. The van der Waals surface area contributed by atoms with Crippen LogP contribution in [0.5, 0.6) is 0 Å². The molecule has 0 unspecified atom stereocenters. The Kier molecular flexibility index (Phi) is 4.63. The largest absolute Gasteiger partial charge is 0.368 e. The summed E-state index contributed by atoms with van der Waals surface area (Å²) in [6.45, 7) is 9.97. The molecule has 1 aromatic carbocycles. The number of fused-ring (bicyclic) bond motifs is 1. The van der Waals surface area contributed by atoms with Gasteiger partial charge >= 0.3 is 0 Å². The minimum absolute atomic E-state index is 0.0411. The van der Waals surface area contributed by atoms with Crippen LogP contribution >= 0.6 is 0 Å². The van der Waals surface area contributed by atoms with E-state index in [0.29, 0.717) is 6.54 Å². The van der Waals surface area contributed by atoms with Crippen LogP contribution in [0.25, 0.3) is 0 Å². The molecule has 0 spiro atoms. The number of benzene rings is 1. The molecule has 0 radical (unpaired) electrons. The topological polar surface area (TPSA) is 49.4 Å². The average molecular weight is 310 g/mol. The summed E-state index contributed by atoms with van der Waals surface area (Å²) in [5.41, 5.74) is 2.33. The Morgan fingerprint density at radius 3 is 2.62 bits per heavy atom. The van der Waals surface area contributed by atoms with Gasteiger partial charge in [0.15, 0.2) is 9.84 Å². The molecule has 5 heteroatoms. The molecule has 118 valence electrons. The highest BCUT2D eigenvalue weighted by Gasteiger charge is 2.28. The van der Waals surface area contributed by atoms with Gasteiger partial charge in [-0.05, 0) is 39.3 Å². The van der Waals surface area contributed by atoms with Crippen molar-refractivity contribution in [3.63, 3.8) is 0 Å². The van der Waals surface area contributed by atoms with Gasteiger partial charge in [-0.2, -0.15) is 0 Å². The van der Waals surface area contributed by atoms with Crippen molar-refractivity contribution < 1.29 is 8.42 Å². The van der Waals surface area contributed by atoms with Gasteiger partial charge in [0, 0.05) is 30.9 Å².